The number of hydrogen-bond acceptors (Lipinski definition) is 2. The molecule has 1 aromatic rings. The number of aliphatic hydroxyl groups is 1. The summed E-state index contributed by atoms with van der Waals surface area (Å²) >= 11 is 0. The third-order valence-corrected chi connectivity index (χ3v) is 4.07. The third-order valence-electron chi connectivity index (χ3n) is 4.07. The van der Waals surface area contributed by atoms with Gasteiger partial charge in [0.25, 0.3) is 0 Å². The molecule has 0 aromatic heterocycles. The highest BCUT2D eigenvalue weighted by Crippen LogP contribution is 2.48. The first-order chi connectivity index (χ1) is 9.10. The van der Waals surface area contributed by atoms with Gasteiger partial charge in [0.1, 0.15) is 0 Å². The Morgan fingerprint density at radius 3 is 2.42 bits per heavy atom. The van der Waals surface area contributed by atoms with E-state index < -0.39 is 0 Å². The highest BCUT2D eigenvalue weighted by atomic mass is 16.3. The van der Waals surface area contributed by atoms with Crippen LogP contribution < -0.4 is 5.32 Å². The lowest BCUT2D eigenvalue weighted by Crippen LogP contribution is -2.44. The first-order valence-corrected chi connectivity index (χ1v) is 7.07. The molecule has 104 valence electrons. The van der Waals surface area contributed by atoms with E-state index in [0.717, 1.165) is 18.4 Å². The summed E-state index contributed by atoms with van der Waals surface area (Å²) in [6, 6.07) is 10.1. The quantitative estimate of drug-likeness (QED) is 0.825. The molecule has 1 unspecified atom stereocenters. The molecule has 1 aliphatic rings. The fraction of sp³-hybridized carbons (Fsp3) is 0.562. The standard InChI is InChI=1S/C16H23NO2/c1-12(2)14(8-11-18)17-15(19)16(9-10-16)13-6-4-3-5-7-13/h3-7,12,14,18H,8-11H2,1-2H3,(H,17,19). The maximum atomic E-state index is 12.5. The van der Waals surface area contributed by atoms with Crippen LogP contribution in [-0.2, 0) is 10.2 Å². The normalized spacial score (nSPS) is 18.1. The Balaban J connectivity index is 2.07. The Labute approximate surface area is 115 Å². The van der Waals surface area contributed by atoms with E-state index in [1.54, 1.807) is 0 Å². The van der Waals surface area contributed by atoms with E-state index in [-0.39, 0.29) is 24.0 Å². The monoisotopic (exact) mass is 261 g/mol. The molecule has 0 radical (unpaired) electrons. The molecular weight excluding hydrogens is 238 g/mol. The van der Waals surface area contributed by atoms with Crippen LogP contribution in [0.15, 0.2) is 30.3 Å². The Morgan fingerprint density at radius 1 is 1.32 bits per heavy atom. The van der Waals surface area contributed by atoms with E-state index in [2.05, 4.69) is 19.2 Å². The van der Waals surface area contributed by atoms with Crippen molar-refractivity contribution in [2.75, 3.05) is 6.61 Å². The van der Waals surface area contributed by atoms with Crippen LogP contribution in [0.4, 0.5) is 0 Å². The lowest BCUT2D eigenvalue weighted by atomic mass is 9.93. The predicted molar refractivity (Wildman–Crippen MR) is 75.8 cm³/mol. The number of rotatable bonds is 6. The minimum absolute atomic E-state index is 0.0543. The summed E-state index contributed by atoms with van der Waals surface area (Å²) in [4.78, 5) is 12.5. The summed E-state index contributed by atoms with van der Waals surface area (Å²) in [5, 5.41) is 12.2. The first kappa shape index (κ1) is 14.1. The molecule has 2 rings (SSSR count). The minimum atomic E-state index is -0.316. The van der Waals surface area contributed by atoms with Gasteiger partial charge in [0.15, 0.2) is 0 Å². The molecule has 3 heteroatoms. The average molecular weight is 261 g/mol. The van der Waals surface area contributed by atoms with Gasteiger partial charge >= 0.3 is 0 Å². The predicted octanol–water partition coefficient (Wildman–Crippen LogP) is 2.24. The van der Waals surface area contributed by atoms with Crippen LogP contribution in [-0.4, -0.2) is 23.7 Å². The summed E-state index contributed by atoms with van der Waals surface area (Å²) in [6.45, 7) is 4.26. The zero-order valence-corrected chi connectivity index (χ0v) is 11.7. The summed E-state index contributed by atoms with van der Waals surface area (Å²) in [6.07, 6.45) is 2.47. The Hall–Kier alpha value is -1.35. The van der Waals surface area contributed by atoms with Gasteiger partial charge in [-0.1, -0.05) is 44.2 Å². The average Bonchev–Trinajstić information content (AvgIpc) is 3.20. The van der Waals surface area contributed by atoms with Crippen molar-refractivity contribution in [1.82, 2.24) is 5.32 Å². The molecule has 0 heterocycles. The van der Waals surface area contributed by atoms with Gasteiger partial charge < -0.3 is 10.4 Å². The van der Waals surface area contributed by atoms with Gasteiger partial charge in [-0.15, -0.1) is 0 Å². The van der Waals surface area contributed by atoms with Crippen LogP contribution >= 0.6 is 0 Å². The van der Waals surface area contributed by atoms with Gasteiger partial charge in [-0.2, -0.15) is 0 Å². The molecule has 1 aromatic carbocycles. The molecule has 19 heavy (non-hydrogen) atoms. The summed E-state index contributed by atoms with van der Waals surface area (Å²) in [7, 11) is 0. The van der Waals surface area contributed by atoms with E-state index in [1.807, 2.05) is 30.3 Å². The fourth-order valence-electron chi connectivity index (χ4n) is 2.55. The van der Waals surface area contributed by atoms with Gasteiger partial charge in [0, 0.05) is 12.6 Å². The zero-order valence-electron chi connectivity index (χ0n) is 11.7. The summed E-state index contributed by atoms with van der Waals surface area (Å²) in [5.74, 6) is 0.452. The molecule has 0 bridgehead atoms. The van der Waals surface area contributed by atoms with Gasteiger partial charge in [-0.3, -0.25) is 4.79 Å². The third kappa shape index (κ3) is 2.98. The first-order valence-electron chi connectivity index (χ1n) is 7.07. The topological polar surface area (TPSA) is 49.3 Å². The number of hydrogen-bond donors (Lipinski definition) is 2. The van der Waals surface area contributed by atoms with E-state index in [4.69, 9.17) is 5.11 Å². The largest absolute Gasteiger partial charge is 0.396 e. The number of nitrogens with one attached hydrogen (secondary N) is 1. The molecule has 1 fully saturated rings. The lowest BCUT2D eigenvalue weighted by Gasteiger charge is -2.25. The second kappa shape index (κ2) is 5.74. The second-order valence-corrected chi connectivity index (χ2v) is 5.78. The Kier molecular flexibility index (Phi) is 4.25. The lowest BCUT2D eigenvalue weighted by molar-refractivity contribution is -0.124. The molecule has 0 saturated heterocycles. The number of carbonyl (C=O) groups excluding carboxylic acids is 1. The van der Waals surface area contributed by atoms with Crippen molar-refractivity contribution in [2.45, 2.75) is 44.6 Å². The molecule has 2 N–H and O–H groups in total. The van der Waals surface area contributed by atoms with Crippen molar-refractivity contribution >= 4 is 5.91 Å². The van der Waals surface area contributed by atoms with Crippen LogP contribution in [0.2, 0.25) is 0 Å². The zero-order chi connectivity index (χ0) is 13.9. The van der Waals surface area contributed by atoms with Crippen LogP contribution in [0.3, 0.4) is 0 Å². The Bertz CT molecular complexity index is 424. The fourth-order valence-corrected chi connectivity index (χ4v) is 2.55. The highest BCUT2D eigenvalue weighted by Gasteiger charge is 2.51. The molecular formula is C16H23NO2. The molecule has 1 atom stereocenters. The molecule has 1 amide bonds. The Morgan fingerprint density at radius 2 is 1.95 bits per heavy atom. The van der Waals surface area contributed by atoms with E-state index in [9.17, 15) is 4.79 Å². The van der Waals surface area contributed by atoms with E-state index in [1.165, 1.54) is 0 Å². The van der Waals surface area contributed by atoms with Crippen molar-refractivity contribution in [1.29, 1.82) is 0 Å². The van der Waals surface area contributed by atoms with Gasteiger partial charge in [-0.05, 0) is 30.7 Å². The number of aliphatic hydroxyl groups excluding tert-OH is 1. The maximum Gasteiger partial charge on any atom is 0.230 e. The number of benzene rings is 1. The number of carbonyl (C=O) groups is 1. The minimum Gasteiger partial charge on any atom is -0.396 e. The number of amides is 1. The molecule has 0 spiro atoms. The molecule has 1 aliphatic carbocycles. The van der Waals surface area contributed by atoms with Gasteiger partial charge in [-0.25, -0.2) is 0 Å². The molecule has 0 aliphatic heterocycles. The van der Waals surface area contributed by atoms with Crippen LogP contribution in [0.5, 0.6) is 0 Å². The van der Waals surface area contributed by atoms with Crippen molar-refractivity contribution in [3.8, 4) is 0 Å². The summed E-state index contributed by atoms with van der Waals surface area (Å²) < 4.78 is 0. The van der Waals surface area contributed by atoms with Crippen LogP contribution in [0.25, 0.3) is 0 Å². The molecule has 1 saturated carbocycles. The second-order valence-electron chi connectivity index (χ2n) is 5.78. The smallest absolute Gasteiger partial charge is 0.230 e. The highest BCUT2D eigenvalue weighted by molar-refractivity contribution is 5.91. The summed E-state index contributed by atoms with van der Waals surface area (Å²) in [5.41, 5.74) is 0.795. The van der Waals surface area contributed by atoms with Crippen LogP contribution in [0, 0.1) is 5.92 Å². The van der Waals surface area contributed by atoms with Crippen molar-refractivity contribution < 1.29 is 9.90 Å². The van der Waals surface area contributed by atoms with Crippen molar-refractivity contribution in [3.63, 3.8) is 0 Å². The molecule has 3 nitrogen and oxygen atoms in total. The van der Waals surface area contributed by atoms with E-state index >= 15 is 0 Å². The van der Waals surface area contributed by atoms with Crippen molar-refractivity contribution in [2.24, 2.45) is 5.92 Å². The van der Waals surface area contributed by atoms with Gasteiger partial charge in [0.2, 0.25) is 5.91 Å². The van der Waals surface area contributed by atoms with E-state index in [0.29, 0.717) is 12.3 Å². The maximum absolute atomic E-state index is 12.5. The van der Waals surface area contributed by atoms with Gasteiger partial charge in [0.05, 0.1) is 5.41 Å². The van der Waals surface area contributed by atoms with Crippen molar-refractivity contribution in [3.05, 3.63) is 35.9 Å². The van der Waals surface area contributed by atoms with Crippen LogP contribution in [0.1, 0.15) is 38.7 Å². The SMILES string of the molecule is CC(C)C(CCO)NC(=O)C1(c2ccccc2)CC1.